The second-order valence-corrected chi connectivity index (χ2v) is 11.4. The molecule has 0 bridgehead atoms. The summed E-state index contributed by atoms with van der Waals surface area (Å²) >= 11 is 1.21. The molecule has 0 N–H and O–H groups in total. The van der Waals surface area contributed by atoms with Crippen LogP contribution in [0.4, 0.5) is 0 Å². The fourth-order valence-electron chi connectivity index (χ4n) is 5.46. The standard InChI is InChI=1S/C36H30N2O7S/c1-5-44-35(41)30-31(22-10-7-6-8-11-22)37-36-38(32(30)23-12-9-13-25(19-23)42-3)33(39)29(46-36)20-26-15-17-28(45-26)27-16-14-24(18-21(27)2)34(40)43-4/h6-20,32H,5H2,1-4H3/b29-20+/t32-/m0/s1. The van der Waals surface area contributed by atoms with Crippen molar-refractivity contribution in [3.05, 3.63) is 138 Å². The summed E-state index contributed by atoms with van der Waals surface area (Å²) in [4.78, 5) is 45.1. The van der Waals surface area contributed by atoms with Gasteiger partial charge in [0.2, 0.25) is 0 Å². The molecule has 0 amide bonds. The first-order valence-corrected chi connectivity index (χ1v) is 15.4. The largest absolute Gasteiger partial charge is 0.497 e. The van der Waals surface area contributed by atoms with Crippen LogP contribution in [-0.4, -0.2) is 37.3 Å². The maximum absolute atomic E-state index is 14.2. The molecule has 6 rings (SSSR count). The van der Waals surface area contributed by atoms with E-state index in [1.165, 1.54) is 23.0 Å². The van der Waals surface area contributed by atoms with Gasteiger partial charge in [0, 0.05) is 17.2 Å². The fraction of sp³-hybridized carbons (Fsp3) is 0.167. The van der Waals surface area contributed by atoms with Crippen molar-refractivity contribution in [2.75, 3.05) is 20.8 Å². The average Bonchev–Trinajstić information content (AvgIpc) is 3.67. The molecule has 46 heavy (non-hydrogen) atoms. The van der Waals surface area contributed by atoms with Crippen molar-refractivity contribution in [3.8, 4) is 17.1 Å². The summed E-state index contributed by atoms with van der Waals surface area (Å²) in [6, 6.07) is 24.6. The zero-order valence-electron chi connectivity index (χ0n) is 25.6. The van der Waals surface area contributed by atoms with E-state index in [0.717, 1.165) is 16.7 Å². The van der Waals surface area contributed by atoms with Gasteiger partial charge in [0.15, 0.2) is 4.80 Å². The van der Waals surface area contributed by atoms with E-state index in [-0.39, 0.29) is 17.7 Å². The molecule has 1 atom stereocenters. The lowest BCUT2D eigenvalue weighted by Gasteiger charge is -2.26. The summed E-state index contributed by atoms with van der Waals surface area (Å²) in [5.74, 6) is 0.648. The van der Waals surface area contributed by atoms with Gasteiger partial charge in [-0.05, 0) is 61.4 Å². The normalized spacial score (nSPS) is 14.4. The number of carbonyl (C=O) groups is 2. The lowest BCUT2D eigenvalue weighted by Crippen LogP contribution is -2.40. The highest BCUT2D eigenvalue weighted by atomic mass is 32.1. The minimum absolute atomic E-state index is 0.158. The number of rotatable bonds is 8. The third-order valence-electron chi connectivity index (χ3n) is 7.60. The van der Waals surface area contributed by atoms with Gasteiger partial charge >= 0.3 is 11.9 Å². The highest BCUT2D eigenvalue weighted by molar-refractivity contribution is 7.07. The smallest absolute Gasteiger partial charge is 0.338 e. The zero-order chi connectivity index (χ0) is 32.4. The van der Waals surface area contributed by atoms with Crippen molar-refractivity contribution in [1.82, 2.24) is 4.57 Å². The molecule has 5 aromatic rings. The number of furan rings is 1. The Morgan fingerprint density at radius 3 is 2.50 bits per heavy atom. The third kappa shape index (κ3) is 5.70. The van der Waals surface area contributed by atoms with Gasteiger partial charge in [-0.3, -0.25) is 9.36 Å². The molecule has 2 aromatic heterocycles. The number of nitrogens with zero attached hydrogens (tertiary/aromatic N) is 2. The highest BCUT2D eigenvalue weighted by Gasteiger charge is 2.35. The molecule has 3 aromatic carbocycles. The van der Waals surface area contributed by atoms with Crippen LogP contribution in [0, 0.1) is 6.92 Å². The second kappa shape index (κ2) is 12.9. The van der Waals surface area contributed by atoms with Crippen LogP contribution in [0.5, 0.6) is 5.75 Å². The summed E-state index contributed by atoms with van der Waals surface area (Å²) in [7, 11) is 2.91. The molecule has 0 spiro atoms. The molecule has 3 heterocycles. The molecule has 232 valence electrons. The summed E-state index contributed by atoms with van der Waals surface area (Å²) < 4.78 is 23.9. The first kappa shape index (κ1) is 30.5. The van der Waals surface area contributed by atoms with Gasteiger partial charge in [0.25, 0.3) is 5.56 Å². The highest BCUT2D eigenvalue weighted by Crippen LogP contribution is 2.36. The Morgan fingerprint density at radius 2 is 1.78 bits per heavy atom. The Kier molecular flexibility index (Phi) is 8.54. The zero-order valence-corrected chi connectivity index (χ0v) is 26.4. The number of ether oxygens (including phenoxy) is 3. The summed E-state index contributed by atoms with van der Waals surface area (Å²) in [5.41, 5.74) is 3.84. The Hall–Kier alpha value is -5.48. The number of benzene rings is 3. The summed E-state index contributed by atoms with van der Waals surface area (Å²) in [6.45, 7) is 3.78. The first-order valence-electron chi connectivity index (χ1n) is 14.5. The molecule has 0 aliphatic carbocycles. The van der Waals surface area contributed by atoms with Crippen LogP contribution in [0.25, 0.3) is 23.1 Å². The Bertz CT molecular complexity index is 2170. The molecule has 1 aliphatic heterocycles. The Labute approximate surface area is 268 Å². The quantitative estimate of drug-likeness (QED) is 0.213. The van der Waals surface area contributed by atoms with Crippen LogP contribution in [0.3, 0.4) is 0 Å². The number of hydrogen-bond acceptors (Lipinski definition) is 9. The van der Waals surface area contributed by atoms with Crippen molar-refractivity contribution < 1.29 is 28.2 Å². The van der Waals surface area contributed by atoms with Crippen LogP contribution >= 0.6 is 11.3 Å². The van der Waals surface area contributed by atoms with Gasteiger partial charge in [-0.25, -0.2) is 14.6 Å². The van der Waals surface area contributed by atoms with Gasteiger partial charge in [-0.2, -0.15) is 0 Å². The van der Waals surface area contributed by atoms with Crippen LogP contribution in [0.15, 0.2) is 105 Å². The van der Waals surface area contributed by atoms with Crippen molar-refractivity contribution in [2.24, 2.45) is 4.99 Å². The Morgan fingerprint density at radius 1 is 0.978 bits per heavy atom. The van der Waals surface area contributed by atoms with E-state index in [4.69, 9.17) is 23.6 Å². The van der Waals surface area contributed by atoms with Crippen molar-refractivity contribution in [1.29, 1.82) is 0 Å². The first-order chi connectivity index (χ1) is 22.3. The number of esters is 2. The lowest BCUT2D eigenvalue weighted by atomic mass is 9.93. The molecular formula is C36H30N2O7S. The van der Waals surface area contributed by atoms with Crippen molar-refractivity contribution >= 4 is 35.0 Å². The van der Waals surface area contributed by atoms with E-state index in [0.29, 0.717) is 43.4 Å². The molecule has 0 unspecified atom stereocenters. The van der Waals surface area contributed by atoms with E-state index in [1.54, 1.807) is 50.4 Å². The SMILES string of the molecule is CCOC(=O)C1=C(c2ccccc2)N=c2s/c(=C/c3ccc(-c4ccc(C(=O)OC)cc4C)o3)c(=O)n2[C@H]1c1cccc(OC)c1. The topological polar surface area (TPSA) is 109 Å². The lowest BCUT2D eigenvalue weighted by molar-refractivity contribution is -0.138. The van der Waals surface area contributed by atoms with Gasteiger partial charge in [0.1, 0.15) is 17.3 Å². The number of thiazole rings is 1. The number of hydrogen-bond donors (Lipinski definition) is 0. The van der Waals surface area contributed by atoms with Crippen molar-refractivity contribution in [2.45, 2.75) is 19.9 Å². The van der Waals surface area contributed by atoms with Crippen LogP contribution in [-0.2, 0) is 14.3 Å². The van der Waals surface area contributed by atoms with Gasteiger partial charge in [-0.15, -0.1) is 0 Å². The van der Waals surface area contributed by atoms with Crippen LogP contribution in [0.2, 0.25) is 0 Å². The number of fused-ring (bicyclic) bond motifs is 1. The molecule has 0 radical (unpaired) electrons. The third-order valence-corrected chi connectivity index (χ3v) is 8.58. The van der Waals surface area contributed by atoms with Crippen LogP contribution < -0.4 is 19.6 Å². The van der Waals surface area contributed by atoms with Crippen LogP contribution in [0.1, 0.15) is 45.8 Å². The Balaban J connectivity index is 1.52. The predicted octanol–water partition coefficient (Wildman–Crippen LogP) is 5.30. The van der Waals surface area contributed by atoms with Gasteiger partial charge in [0.05, 0.1) is 48.2 Å². The predicted molar refractivity (Wildman–Crippen MR) is 174 cm³/mol. The fourth-order valence-corrected chi connectivity index (χ4v) is 6.44. The summed E-state index contributed by atoms with van der Waals surface area (Å²) in [5, 5.41) is 0. The van der Waals surface area contributed by atoms with Gasteiger partial charge < -0.3 is 18.6 Å². The number of aromatic nitrogens is 1. The molecule has 9 nitrogen and oxygen atoms in total. The van der Waals surface area contributed by atoms with E-state index in [1.807, 2.05) is 61.5 Å². The van der Waals surface area contributed by atoms with E-state index in [2.05, 4.69) is 0 Å². The molecule has 1 aliphatic rings. The maximum atomic E-state index is 14.2. The number of aryl methyl sites for hydroxylation is 1. The van der Waals surface area contributed by atoms with E-state index >= 15 is 0 Å². The monoisotopic (exact) mass is 634 g/mol. The maximum Gasteiger partial charge on any atom is 0.338 e. The molecular weight excluding hydrogens is 604 g/mol. The molecule has 0 fully saturated rings. The number of methoxy groups -OCH3 is 2. The average molecular weight is 635 g/mol. The molecule has 0 saturated heterocycles. The minimum Gasteiger partial charge on any atom is -0.497 e. The van der Waals surface area contributed by atoms with Crippen molar-refractivity contribution in [3.63, 3.8) is 0 Å². The molecule has 0 saturated carbocycles. The van der Waals surface area contributed by atoms with E-state index < -0.39 is 18.0 Å². The molecule has 10 heteroatoms. The summed E-state index contributed by atoms with van der Waals surface area (Å²) in [6.07, 6.45) is 1.67. The minimum atomic E-state index is -0.828. The van der Waals surface area contributed by atoms with Gasteiger partial charge in [-0.1, -0.05) is 59.9 Å². The number of carbonyl (C=O) groups excluding carboxylic acids is 2. The second-order valence-electron chi connectivity index (χ2n) is 10.4. The van der Waals surface area contributed by atoms with E-state index in [9.17, 15) is 14.4 Å².